The number of carbonyl (C=O) groups excluding carboxylic acids is 1. The lowest BCUT2D eigenvalue weighted by Crippen LogP contribution is -2.32. The number of alkyl halides is 1. The number of rotatable bonds is 5. The van der Waals surface area contributed by atoms with Crippen LogP contribution in [0, 0.1) is 6.92 Å². The fourth-order valence-corrected chi connectivity index (χ4v) is 2.35. The van der Waals surface area contributed by atoms with Gasteiger partial charge in [0.25, 0.3) is 5.91 Å². The van der Waals surface area contributed by atoms with Crippen LogP contribution >= 0.6 is 22.9 Å². The molecule has 0 aliphatic rings. The third-order valence-electron chi connectivity index (χ3n) is 2.32. The van der Waals surface area contributed by atoms with E-state index in [1.165, 1.54) is 0 Å². The molecule has 0 bridgehead atoms. The third-order valence-corrected chi connectivity index (χ3v) is 3.45. The number of amides is 1. The predicted octanol–water partition coefficient (Wildman–Crippen LogP) is 3.15. The zero-order valence-corrected chi connectivity index (χ0v) is 10.7. The van der Waals surface area contributed by atoms with Gasteiger partial charge in [0.15, 0.2) is 0 Å². The van der Waals surface area contributed by atoms with Crippen LogP contribution in [0.15, 0.2) is 10.8 Å². The second-order valence-electron chi connectivity index (χ2n) is 3.40. The Morgan fingerprint density at radius 2 is 2.27 bits per heavy atom. The van der Waals surface area contributed by atoms with Gasteiger partial charge in [-0.15, -0.1) is 11.6 Å². The van der Waals surface area contributed by atoms with Crippen molar-refractivity contribution in [2.45, 2.75) is 20.3 Å². The fraction of sp³-hybridized carbons (Fsp3) is 0.545. The van der Waals surface area contributed by atoms with Crippen molar-refractivity contribution >= 4 is 28.8 Å². The Morgan fingerprint density at radius 3 is 2.73 bits per heavy atom. The molecule has 84 valence electrons. The molecular weight excluding hydrogens is 230 g/mol. The van der Waals surface area contributed by atoms with Crippen molar-refractivity contribution in [3.8, 4) is 0 Å². The van der Waals surface area contributed by atoms with Crippen LogP contribution in [-0.4, -0.2) is 29.8 Å². The second-order valence-corrected chi connectivity index (χ2v) is 4.52. The number of aryl methyl sites for hydroxylation is 1. The summed E-state index contributed by atoms with van der Waals surface area (Å²) < 4.78 is 0. The van der Waals surface area contributed by atoms with Crippen molar-refractivity contribution in [1.82, 2.24) is 4.90 Å². The van der Waals surface area contributed by atoms with Gasteiger partial charge in [-0.2, -0.15) is 11.3 Å². The Balaban J connectivity index is 2.69. The summed E-state index contributed by atoms with van der Waals surface area (Å²) in [6, 6.07) is 0. The molecule has 0 spiro atoms. The molecule has 0 N–H and O–H groups in total. The topological polar surface area (TPSA) is 20.3 Å². The molecule has 0 radical (unpaired) electrons. The normalized spacial score (nSPS) is 10.3. The summed E-state index contributed by atoms with van der Waals surface area (Å²) in [7, 11) is 0. The van der Waals surface area contributed by atoms with Gasteiger partial charge in [-0.25, -0.2) is 0 Å². The van der Waals surface area contributed by atoms with Crippen molar-refractivity contribution in [1.29, 1.82) is 0 Å². The lowest BCUT2D eigenvalue weighted by molar-refractivity contribution is 0.0764. The molecule has 4 heteroatoms. The zero-order valence-electron chi connectivity index (χ0n) is 9.12. The SMILES string of the molecule is CCN(CCCCl)C(=O)c1cscc1C. The first-order valence-electron chi connectivity index (χ1n) is 5.08. The smallest absolute Gasteiger partial charge is 0.254 e. The quantitative estimate of drug-likeness (QED) is 0.730. The van der Waals surface area contributed by atoms with E-state index in [2.05, 4.69) is 0 Å². The molecule has 15 heavy (non-hydrogen) atoms. The lowest BCUT2D eigenvalue weighted by Gasteiger charge is -2.20. The number of nitrogens with zero attached hydrogens (tertiary/aromatic N) is 1. The molecule has 1 aromatic heterocycles. The Morgan fingerprint density at radius 1 is 1.53 bits per heavy atom. The molecule has 0 saturated heterocycles. The highest BCUT2D eigenvalue weighted by atomic mass is 35.5. The first-order chi connectivity index (χ1) is 7.20. The van der Waals surface area contributed by atoms with Gasteiger partial charge in [-0.05, 0) is 31.2 Å². The Labute approximate surface area is 99.9 Å². The molecule has 0 aliphatic heterocycles. The molecule has 0 fully saturated rings. The van der Waals surface area contributed by atoms with E-state index in [0.717, 1.165) is 30.6 Å². The largest absolute Gasteiger partial charge is 0.339 e. The molecule has 1 aromatic rings. The molecule has 1 heterocycles. The molecule has 0 unspecified atom stereocenters. The highest BCUT2D eigenvalue weighted by molar-refractivity contribution is 7.08. The highest BCUT2D eigenvalue weighted by Crippen LogP contribution is 2.16. The summed E-state index contributed by atoms with van der Waals surface area (Å²) in [5.74, 6) is 0.730. The van der Waals surface area contributed by atoms with Crippen molar-refractivity contribution < 1.29 is 4.79 Å². The van der Waals surface area contributed by atoms with Crippen LogP contribution in [0.5, 0.6) is 0 Å². The van der Waals surface area contributed by atoms with Gasteiger partial charge >= 0.3 is 0 Å². The summed E-state index contributed by atoms with van der Waals surface area (Å²) in [6.07, 6.45) is 0.852. The first kappa shape index (κ1) is 12.5. The van der Waals surface area contributed by atoms with E-state index < -0.39 is 0 Å². The molecular formula is C11H16ClNOS. The van der Waals surface area contributed by atoms with Crippen LogP contribution in [-0.2, 0) is 0 Å². The predicted molar refractivity (Wildman–Crippen MR) is 66.0 cm³/mol. The number of halogens is 1. The molecule has 2 nitrogen and oxygen atoms in total. The van der Waals surface area contributed by atoms with Crippen LogP contribution in [0.3, 0.4) is 0 Å². The van der Waals surface area contributed by atoms with Crippen molar-refractivity contribution in [2.24, 2.45) is 0 Å². The van der Waals surface area contributed by atoms with Crippen molar-refractivity contribution in [3.63, 3.8) is 0 Å². The van der Waals surface area contributed by atoms with Gasteiger partial charge in [0, 0.05) is 24.3 Å². The fourth-order valence-electron chi connectivity index (χ4n) is 1.40. The molecule has 0 aromatic carbocycles. The third kappa shape index (κ3) is 3.21. The summed E-state index contributed by atoms with van der Waals surface area (Å²) in [5.41, 5.74) is 1.89. The minimum atomic E-state index is 0.126. The van der Waals surface area contributed by atoms with Crippen molar-refractivity contribution in [3.05, 3.63) is 21.9 Å². The molecule has 1 rings (SSSR count). The van der Waals surface area contributed by atoms with E-state index in [1.54, 1.807) is 11.3 Å². The summed E-state index contributed by atoms with van der Waals surface area (Å²) in [5, 5.41) is 3.92. The van der Waals surface area contributed by atoms with Crippen LogP contribution in [0.1, 0.15) is 29.3 Å². The van der Waals surface area contributed by atoms with Gasteiger partial charge in [0.05, 0.1) is 5.56 Å². The zero-order chi connectivity index (χ0) is 11.3. The van der Waals surface area contributed by atoms with Gasteiger partial charge in [-0.3, -0.25) is 4.79 Å². The van der Waals surface area contributed by atoms with Crippen LogP contribution < -0.4 is 0 Å². The number of thiophene rings is 1. The van der Waals surface area contributed by atoms with E-state index in [4.69, 9.17) is 11.6 Å². The molecule has 0 saturated carbocycles. The Bertz CT molecular complexity index is 324. The van der Waals surface area contributed by atoms with Crippen LogP contribution in [0.25, 0.3) is 0 Å². The standard InChI is InChI=1S/C11H16ClNOS/c1-3-13(6-4-5-12)11(14)10-8-15-7-9(10)2/h7-8H,3-6H2,1-2H3. The molecule has 1 amide bonds. The Hall–Kier alpha value is -0.540. The van der Waals surface area contributed by atoms with E-state index in [-0.39, 0.29) is 5.91 Å². The van der Waals surface area contributed by atoms with Crippen LogP contribution in [0.4, 0.5) is 0 Å². The number of carbonyl (C=O) groups is 1. The summed E-state index contributed by atoms with van der Waals surface area (Å²) in [4.78, 5) is 13.9. The lowest BCUT2D eigenvalue weighted by atomic mass is 10.2. The van der Waals surface area contributed by atoms with E-state index in [1.807, 2.05) is 29.5 Å². The average molecular weight is 246 g/mol. The monoisotopic (exact) mass is 245 g/mol. The van der Waals surface area contributed by atoms with Gasteiger partial charge in [0.1, 0.15) is 0 Å². The van der Waals surface area contributed by atoms with E-state index in [0.29, 0.717) is 5.88 Å². The van der Waals surface area contributed by atoms with Crippen LogP contribution in [0.2, 0.25) is 0 Å². The average Bonchev–Trinajstić information content (AvgIpc) is 2.65. The minimum Gasteiger partial charge on any atom is -0.339 e. The van der Waals surface area contributed by atoms with E-state index in [9.17, 15) is 4.79 Å². The Kier molecular flexibility index (Phi) is 5.12. The summed E-state index contributed by atoms with van der Waals surface area (Å²) in [6.45, 7) is 5.45. The highest BCUT2D eigenvalue weighted by Gasteiger charge is 2.15. The van der Waals surface area contributed by atoms with Gasteiger partial charge < -0.3 is 4.90 Å². The number of hydrogen-bond donors (Lipinski definition) is 0. The number of hydrogen-bond acceptors (Lipinski definition) is 2. The maximum atomic E-state index is 12.1. The minimum absolute atomic E-state index is 0.126. The van der Waals surface area contributed by atoms with E-state index >= 15 is 0 Å². The second kappa shape index (κ2) is 6.13. The van der Waals surface area contributed by atoms with Gasteiger partial charge in [-0.1, -0.05) is 0 Å². The summed E-state index contributed by atoms with van der Waals surface area (Å²) >= 11 is 7.20. The maximum Gasteiger partial charge on any atom is 0.254 e. The van der Waals surface area contributed by atoms with Crippen molar-refractivity contribution in [2.75, 3.05) is 19.0 Å². The first-order valence-corrected chi connectivity index (χ1v) is 6.56. The maximum absolute atomic E-state index is 12.1. The molecule has 0 atom stereocenters. The van der Waals surface area contributed by atoms with Gasteiger partial charge in [0.2, 0.25) is 0 Å². The molecule has 0 aliphatic carbocycles.